The number of rotatable bonds is 7. The Bertz CT molecular complexity index is 1200. The maximum absolute atomic E-state index is 12.8. The number of hydrogen-bond acceptors (Lipinski definition) is 11. The Hall–Kier alpha value is -3.36. The number of fused-ring (bicyclic) bond motifs is 1. The van der Waals surface area contributed by atoms with E-state index in [9.17, 15) is 24.7 Å². The zero-order valence-electron chi connectivity index (χ0n) is 16.6. The molecular formula is C19H16N6O5S3. The van der Waals surface area contributed by atoms with Crippen molar-refractivity contribution >= 4 is 63.5 Å². The highest BCUT2D eigenvalue weighted by Gasteiger charge is 2.54. The minimum absolute atomic E-state index is 0.0719. The van der Waals surface area contributed by atoms with E-state index in [0.717, 1.165) is 21.1 Å². The van der Waals surface area contributed by atoms with Gasteiger partial charge in [-0.15, -0.1) is 23.1 Å². The van der Waals surface area contributed by atoms with Crippen LogP contribution in [0.1, 0.15) is 5.69 Å². The van der Waals surface area contributed by atoms with E-state index in [2.05, 4.69) is 20.4 Å². The van der Waals surface area contributed by atoms with Gasteiger partial charge in [0.15, 0.2) is 10.8 Å². The van der Waals surface area contributed by atoms with Crippen molar-refractivity contribution in [2.24, 2.45) is 5.16 Å². The number of hydrogen-bond donors (Lipinski definition) is 4. The summed E-state index contributed by atoms with van der Waals surface area (Å²) in [6, 6.07) is 2.67. The van der Waals surface area contributed by atoms with Crippen molar-refractivity contribution in [3.05, 3.63) is 58.4 Å². The molecule has 170 valence electrons. The summed E-state index contributed by atoms with van der Waals surface area (Å²) in [4.78, 5) is 47.2. The maximum atomic E-state index is 12.8. The lowest BCUT2D eigenvalue weighted by molar-refractivity contribution is -0.150. The number of aromatic nitrogens is 2. The first-order valence-electron chi connectivity index (χ1n) is 9.29. The van der Waals surface area contributed by atoms with Gasteiger partial charge in [-0.2, -0.15) is 0 Å². The summed E-state index contributed by atoms with van der Waals surface area (Å²) < 4.78 is 0. The van der Waals surface area contributed by atoms with Gasteiger partial charge in [-0.25, -0.2) is 9.78 Å². The van der Waals surface area contributed by atoms with Crippen LogP contribution in [0.4, 0.5) is 5.13 Å². The van der Waals surface area contributed by atoms with Crippen LogP contribution in [-0.4, -0.2) is 65.8 Å². The number of carbonyl (C=O) groups excluding carboxylic acids is 2. The van der Waals surface area contributed by atoms with Crippen LogP contribution >= 0.6 is 34.9 Å². The smallest absolute Gasteiger partial charge is 0.352 e. The Morgan fingerprint density at radius 3 is 2.76 bits per heavy atom. The van der Waals surface area contributed by atoms with Gasteiger partial charge in [0, 0.05) is 28.4 Å². The fraction of sp³-hybridized carbons (Fsp3) is 0.158. The summed E-state index contributed by atoms with van der Waals surface area (Å²) in [5.74, 6) is -2.29. The summed E-state index contributed by atoms with van der Waals surface area (Å²) in [6.07, 6.45) is 4.98. The van der Waals surface area contributed by atoms with Gasteiger partial charge >= 0.3 is 5.97 Å². The summed E-state index contributed by atoms with van der Waals surface area (Å²) >= 11 is 3.78. The molecule has 11 nitrogen and oxygen atoms in total. The summed E-state index contributed by atoms with van der Waals surface area (Å²) in [7, 11) is 0. The maximum Gasteiger partial charge on any atom is 0.352 e. The molecule has 4 rings (SSSR count). The first-order valence-corrected chi connectivity index (χ1v) is 12.1. The fourth-order valence-electron chi connectivity index (χ4n) is 3.20. The molecule has 0 spiro atoms. The second kappa shape index (κ2) is 9.64. The number of carboxylic acid groups (broad SMARTS) is 1. The molecule has 0 radical (unpaired) electrons. The third-order valence-corrected chi connectivity index (χ3v) is 7.48. The van der Waals surface area contributed by atoms with E-state index in [-0.39, 0.29) is 22.2 Å². The number of nitrogens with zero attached hydrogens (tertiary/aromatic N) is 4. The number of nitrogen functional groups attached to an aromatic ring is 1. The molecule has 1 fully saturated rings. The summed E-state index contributed by atoms with van der Waals surface area (Å²) in [5.41, 5.74) is 5.60. The first-order chi connectivity index (χ1) is 15.9. The van der Waals surface area contributed by atoms with Crippen molar-refractivity contribution in [3.8, 4) is 0 Å². The minimum atomic E-state index is -1.23. The summed E-state index contributed by atoms with van der Waals surface area (Å²) in [5, 5.41) is 27.2. The SMILES string of the molecule is Nc1nc(/C(=N\O)C(=O)NC2C(=O)N3C(C(=O)O)=C(/C=C/Sc4ccncc4)CS[C@H]23)cs1. The van der Waals surface area contributed by atoms with Crippen LogP contribution in [0.25, 0.3) is 0 Å². The lowest BCUT2D eigenvalue weighted by atomic mass is 10.0. The van der Waals surface area contributed by atoms with Crippen LogP contribution < -0.4 is 11.1 Å². The number of carbonyl (C=O) groups is 3. The first kappa shape index (κ1) is 22.8. The predicted octanol–water partition coefficient (Wildman–Crippen LogP) is 1.34. The molecule has 2 aromatic heterocycles. The quantitative estimate of drug-likeness (QED) is 0.142. The van der Waals surface area contributed by atoms with Crippen LogP contribution in [0.5, 0.6) is 0 Å². The van der Waals surface area contributed by atoms with Gasteiger partial charge in [0.2, 0.25) is 0 Å². The van der Waals surface area contributed by atoms with Crippen molar-refractivity contribution in [1.29, 1.82) is 0 Å². The average molecular weight is 505 g/mol. The Labute approximate surface area is 199 Å². The average Bonchev–Trinajstić information content (AvgIpc) is 3.23. The van der Waals surface area contributed by atoms with E-state index in [4.69, 9.17) is 5.73 Å². The van der Waals surface area contributed by atoms with E-state index in [1.807, 2.05) is 12.1 Å². The molecule has 0 aliphatic carbocycles. The molecule has 4 heterocycles. The highest BCUT2D eigenvalue weighted by Crippen LogP contribution is 2.41. The highest BCUT2D eigenvalue weighted by molar-refractivity contribution is 8.02. The molecule has 0 aromatic carbocycles. The number of thioether (sulfide) groups is 2. The van der Waals surface area contributed by atoms with Gasteiger partial charge in [0.05, 0.1) is 0 Å². The molecule has 14 heteroatoms. The molecule has 5 N–H and O–H groups in total. The number of thiazole rings is 1. The van der Waals surface area contributed by atoms with E-state index in [1.54, 1.807) is 23.9 Å². The van der Waals surface area contributed by atoms with Gasteiger partial charge in [-0.3, -0.25) is 19.5 Å². The number of aliphatic carboxylic acids is 1. The standard InChI is InChI=1S/C19H16N6O5S3/c20-19-22-11(8-33-19)12(24-30)15(26)23-13-16(27)25-14(18(28)29)9(7-32-17(13)25)3-6-31-10-1-4-21-5-2-10/h1-6,8,13,17,30H,7H2,(H2,20,22)(H,23,26)(H,28,29)/b6-3+,24-12+/t13?,17-/m1/s1. The van der Waals surface area contributed by atoms with Crippen molar-refractivity contribution in [2.75, 3.05) is 11.5 Å². The van der Waals surface area contributed by atoms with E-state index in [0.29, 0.717) is 11.3 Å². The highest BCUT2D eigenvalue weighted by atomic mass is 32.2. The van der Waals surface area contributed by atoms with Gasteiger partial charge < -0.3 is 21.4 Å². The van der Waals surface area contributed by atoms with Crippen molar-refractivity contribution in [3.63, 3.8) is 0 Å². The second-order valence-corrected chi connectivity index (χ2v) is 9.64. The zero-order chi connectivity index (χ0) is 23.5. The van der Waals surface area contributed by atoms with Crippen molar-refractivity contribution in [1.82, 2.24) is 20.2 Å². The van der Waals surface area contributed by atoms with Crippen LogP contribution in [0, 0.1) is 0 Å². The third-order valence-electron chi connectivity index (χ3n) is 4.69. The van der Waals surface area contributed by atoms with Crippen LogP contribution in [-0.2, 0) is 14.4 Å². The number of carboxylic acids is 1. The topological polar surface area (TPSA) is 171 Å². The molecule has 0 saturated carbocycles. The van der Waals surface area contributed by atoms with Crippen molar-refractivity contribution in [2.45, 2.75) is 16.3 Å². The lowest BCUT2D eigenvalue weighted by Gasteiger charge is -2.49. The second-order valence-electron chi connectivity index (χ2n) is 6.66. The van der Waals surface area contributed by atoms with Crippen LogP contribution in [0.15, 0.2) is 62.7 Å². The largest absolute Gasteiger partial charge is 0.477 e. The molecular weight excluding hydrogens is 488 g/mol. The van der Waals surface area contributed by atoms with Gasteiger partial charge in [-0.05, 0) is 29.2 Å². The number of anilines is 1. The van der Waals surface area contributed by atoms with Gasteiger partial charge in [0.1, 0.15) is 22.8 Å². The van der Waals surface area contributed by atoms with E-state index in [1.165, 1.54) is 28.9 Å². The number of allylic oxidation sites excluding steroid dienone is 1. The lowest BCUT2D eigenvalue weighted by Crippen LogP contribution is -2.71. The number of β-lactam (4-membered cyclic amide) rings is 1. The molecule has 1 saturated heterocycles. The number of nitrogens with two attached hydrogens (primary N) is 1. The Kier molecular flexibility index (Phi) is 6.67. The van der Waals surface area contributed by atoms with Crippen LogP contribution in [0.2, 0.25) is 0 Å². The fourth-order valence-corrected chi connectivity index (χ4v) is 5.74. The van der Waals surface area contributed by atoms with Crippen LogP contribution in [0.3, 0.4) is 0 Å². The van der Waals surface area contributed by atoms with Gasteiger partial charge in [-0.1, -0.05) is 16.9 Å². The molecule has 2 aliphatic heterocycles. The number of oxime groups is 1. The normalized spacial score (nSPS) is 20.5. The third kappa shape index (κ3) is 4.58. The molecule has 2 aromatic rings. The molecule has 2 atom stereocenters. The Morgan fingerprint density at radius 1 is 1.36 bits per heavy atom. The zero-order valence-corrected chi connectivity index (χ0v) is 19.1. The Balaban J connectivity index is 1.48. The van der Waals surface area contributed by atoms with Gasteiger partial charge in [0.25, 0.3) is 11.8 Å². The Morgan fingerprint density at radius 2 is 2.12 bits per heavy atom. The minimum Gasteiger partial charge on any atom is -0.477 e. The van der Waals surface area contributed by atoms with E-state index >= 15 is 0 Å². The summed E-state index contributed by atoms with van der Waals surface area (Å²) in [6.45, 7) is 0. The molecule has 2 aliphatic rings. The number of amides is 2. The molecule has 33 heavy (non-hydrogen) atoms. The van der Waals surface area contributed by atoms with E-state index < -0.39 is 29.2 Å². The molecule has 2 amide bonds. The molecule has 1 unspecified atom stereocenters. The monoisotopic (exact) mass is 504 g/mol. The number of nitrogens with one attached hydrogen (secondary N) is 1. The van der Waals surface area contributed by atoms with Crippen molar-refractivity contribution < 1.29 is 24.7 Å². The molecule has 0 bridgehead atoms. The number of pyridine rings is 1. The predicted molar refractivity (Wildman–Crippen MR) is 124 cm³/mol.